The van der Waals surface area contributed by atoms with E-state index in [1.54, 1.807) is 7.11 Å². The molecule has 1 aromatic carbocycles. The van der Waals surface area contributed by atoms with Crippen LogP contribution in [0.15, 0.2) is 24.3 Å². The molecule has 0 aromatic heterocycles. The first-order valence-electron chi connectivity index (χ1n) is 7.17. The van der Waals surface area contributed by atoms with Crippen LogP contribution in [0.3, 0.4) is 0 Å². The van der Waals surface area contributed by atoms with Gasteiger partial charge in [0.15, 0.2) is 0 Å². The Bertz CT molecular complexity index is 358. The lowest BCUT2D eigenvalue weighted by Crippen LogP contribution is -2.21. The molecule has 1 unspecified atom stereocenters. The van der Waals surface area contributed by atoms with Gasteiger partial charge >= 0.3 is 0 Å². The van der Waals surface area contributed by atoms with Crippen molar-refractivity contribution in [2.24, 2.45) is 5.92 Å². The molecule has 0 heterocycles. The lowest BCUT2D eigenvalue weighted by molar-refractivity contribution is 0.397. The third kappa shape index (κ3) is 3.49. The van der Waals surface area contributed by atoms with Crippen LogP contribution in [0.5, 0.6) is 5.75 Å². The number of para-hydroxylation sites is 1. The highest BCUT2D eigenvalue weighted by molar-refractivity contribution is 5.35. The van der Waals surface area contributed by atoms with Crippen molar-refractivity contribution in [2.75, 3.05) is 13.7 Å². The predicted octanol–water partition coefficient (Wildman–Crippen LogP) is 3.93. The van der Waals surface area contributed by atoms with Gasteiger partial charge in [-0.1, -0.05) is 43.9 Å². The maximum atomic E-state index is 5.41. The summed E-state index contributed by atoms with van der Waals surface area (Å²) >= 11 is 0. The molecular formula is C16H25NO. The van der Waals surface area contributed by atoms with Gasteiger partial charge in [0.05, 0.1) is 7.11 Å². The molecule has 1 aliphatic rings. The second kappa shape index (κ2) is 6.79. The number of nitrogens with one attached hydrogen (secondary N) is 1. The monoisotopic (exact) mass is 247 g/mol. The molecule has 0 saturated heterocycles. The lowest BCUT2D eigenvalue weighted by Gasteiger charge is -2.18. The molecular weight excluding hydrogens is 222 g/mol. The second-order valence-electron chi connectivity index (χ2n) is 5.36. The van der Waals surface area contributed by atoms with E-state index in [2.05, 4.69) is 24.4 Å². The highest BCUT2D eigenvalue weighted by Crippen LogP contribution is 2.28. The van der Waals surface area contributed by atoms with Gasteiger partial charge in [0.2, 0.25) is 0 Å². The van der Waals surface area contributed by atoms with Crippen molar-refractivity contribution < 1.29 is 4.74 Å². The third-order valence-electron chi connectivity index (χ3n) is 4.08. The van der Waals surface area contributed by atoms with Gasteiger partial charge in [-0.3, -0.25) is 0 Å². The van der Waals surface area contributed by atoms with E-state index in [0.29, 0.717) is 6.04 Å². The van der Waals surface area contributed by atoms with Crippen LogP contribution < -0.4 is 10.1 Å². The van der Waals surface area contributed by atoms with E-state index in [-0.39, 0.29) is 0 Å². The minimum Gasteiger partial charge on any atom is -0.496 e. The Morgan fingerprint density at radius 3 is 2.72 bits per heavy atom. The second-order valence-corrected chi connectivity index (χ2v) is 5.36. The van der Waals surface area contributed by atoms with Gasteiger partial charge in [0.25, 0.3) is 0 Å². The average molecular weight is 247 g/mol. The van der Waals surface area contributed by atoms with Crippen molar-refractivity contribution >= 4 is 0 Å². The number of benzene rings is 1. The van der Waals surface area contributed by atoms with Crippen molar-refractivity contribution in [1.82, 2.24) is 5.32 Å². The summed E-state index contributed by atoms with van der Waals surface area (Å²) in [4.78, 5) is 0. The van der Waals surface area contributed by atoms with Crippen LogP contribution in [-0.2, 0) is 0 Å². The van der Waals surface area contributed by atoms with E-state index in [1.165, 1.54) is 37.7 Å². The van der Waals surface area contributed by atoms with Gasteiger partial charge in [0, 0.05) is 11.6 Å². The van der Waals surface area contributed by atoms with Crippen molar-refractivity contribution in [3.63, 3.8) is 0 Å². The van der Waals surface area contributed by atoms with Gasteiger partial charge in [-0.05, 0) is 31.9 Å². The highest BCUT2D eigenvalue weighted by Gasteiger charge is 2.15. The molecule has 100 valence electrons. The lowest BCUT2D eigenvalue weighted by atomic mass is 10.0. The molecule has 2 nitrogen and oxygen atoms in total. The number of methoxy groups -OCH3 is 1. The average Bonchev–Trinajstić information content (AvgIpc) is 2.91. The number of hydrogen-bond acceptors (Lipinski definition) is 2. The molecule has 0 radical (unpaired) electrons. The maximum Gasteiger partial charge on any atom is 0.123 e. The van der Waals surface area contributed by atoms with Crippen LogP contribution in [0.4, 0.5) is 0 Å². The van der Waals surface area contributed by atoms with Crippen LogP contribution in [0.25, 0.3) is 0 Å². The molecule has 1 aliphatic carbocycles. The van der Waals surface area contributed by atoms with Crippen LogP contribution in [-0.4, -0.2) is 13.7 Å². The first-order chi connectivity index (χ1) is 8.81. The molecule has 2 rings (SSSR count). The Morgan fingerprint density at radius 2 is 2.00 bits per heavy atom. The molecule has 0 bridgehead atoms. The summed E-state index contributed by atoms with van der Waals surface area (Å²) in [6, 6.07) is 8.64. The van der Waals surface area contributed by atoms with Crippen LogP contribution in [0, 0.1) is 5.92 Å². The third-order valence-corrected chi connectivity index (χ3v) is 4.08. The van der Waals surface area contributed by atoms with E-state index >= 15 is 0 Å². The van der Waals surface area contributed by atoms with Crippen molar-refractivity contribution in [1.29, 1.82) is 0 Å². The number of ether oxygens (including phenoxy) is 1. The topological polar surface area (TPSA) is 21.3 Å². The molecule has 0 aliphatic heterocycles. The van der Waals surface area contributed by atoms with Crippen LogP contribution in [0.2, 0.25) is 0 Å². The molecule has 1 atom stereocenters. The summed E-state index contributed by atoms with van der Waals surface area (Å²) < 4.78 is 5.41. The Kier molecular flexibility index (Phi) is 5.06. The first-order valence-corrected chi connectivity index (χ1v) is 7.17. The molecule has 1 saturated carbocycles. The fraction of sp³-hybridized carbons (Fsp3) is 0.625. The van der Waals surface area contributed by atoms with Gasteiger partial charge in [-0.25, -0.2) is 0 Å². The Balaban J connectivity index is 1.81. The summed E-state index contributed by atoms with van der Waals surface area (Å²) in [7, 11) is 1.74. The van der Waals surface area contributed by atoms with Gasteiger partial charge < -0.3 is 10.1 Å². The van der Waals surface area contributed by atoms with E-state index in [4.69, 9.17) is 4.74 Å². The molecule has 0 amide bonds. The predicted molar refractivity (Wildman–Crippen MR) is 76.0 cm³/mol. The summed E-state index contributed by atoms with van der Waals surface area (Å²) in [5.74, 6) is 1.95. The summed E-state index contributed by atoms with van der Waals surface area (Å²) in [5.41, 5.74) is 1.26. The SMILES string of the molecule is COc1ccccc1C(C)NCCC1CCCC1. The number of rotatable bonds is 6. The minimum absolute atomic E-state index is 0.363. The molecule has 1 aromatic rings. The Hall–Kier alpha value is -1.02. The molecule has 1 fully saturated rings. The van der Waals surface area contributed by atoms with Gasteiger partial charge in [-0.2, -0.15) is 0 Å². The zero-order chi connectivity index (χ0) is 12.8. The largest absolute Gasteiger partial charge is 0.496 e. The Labute approximate surface area is 111 Å². The van der Waals surface area contributed by atoms with Crippen LogP contribution >= 0.6 is 0 Å². The fourth-order valence-corrected chi connectivity index (χ4v) is 2.94. The van der Waals surface area contributed by atoms with Crippen molar-refractivity contribution in [3.05, 3.63) is 29.8 Å². The first kappa shape index (κ1) is 13.4. The Morgan fingerprint density at radius 1 is 1.28 bits per heavy atom. The van der Waals surface area contributed by atoms with E-state index in [1.807, 2.05) is 12.1 Å². The van der Waals surface area contributed by atoms with Crippen molar-refractivity contribution in [3.8, 4) is 5.75 Å². The summed E-state index contributed by atoms with van der Waals surface area (Å²) in [6.07, 6.45) is 7.06. The standard InChI is InChI=1S/C16H25NO/c1-13(15-9-5-6-10-16(15)18-2)17-12-11-14-7-3-4-8-14/h5-6,9-10,13-14,17H,3-4,7-8,11-12H2,1-2H3. The highest BCUT2D eigenvalue weighted by atomic mass is 16.5. The molecule has 1 N–H and O–H groups in total. The van der Waals surface area contributed by atoms with Crippen molar-refractivity contribution in [2.45, 2.75) is 45.1 Å². The van der Waals surface area contributed by atoms with Gasteiger partial charge in [-0.15, -0.1) is 0 Å². The molecule has 18 heavy (non-hydrogen) atoms. The zero-order valence-corrected chi connectivity index (χ0v) is 11.6. The molecule has 0 spiro atoms. The van der Waals surface area contributed by atoms with Crippen LogP contribution in [0.1, 0.15) is 50.6 Å². The van der Waals surface area contributed by atoms with E-state index in [0.717, 1.165) is 18.2 Å². The quantitative estimate of drug-likeness (QED) is 0.822. The molecule has 2 heteroatoms. The smallest absolute Gasteiger partial charge is 0.123 e. The minimum atomic E-state index is 0.363. The zero-order valence-electron chi connectivity index (χ0n) is 11.6. The normalized spacial score (nSPS) is 17.9. The van der Waals surface area contributed by atoms with E-state index in [9.17, 15) is 0 Å². The van der Waals surface area contributed by atoms with Gasteiger partial charge in [0.1, 0.15) is 5.75 Å². The summed E-state index contributed by atoms with van der Waals surface area (Å²) in [5, 5.41) is 3.62. The summed E-state index contributed by atoms with van der Waals surface area (Å²) in [6.45, 7) is 3.33. The number of hydrogen-bond donors (Lipinski definition) is 1. The fourth-order valence-electron chi connectivity index (χ4n) is 2.94. The van der Waals surface area contributed by atoms with E-state index < -0.39 is 0 Å². The maximum absolute atomic E-state index is 5.41.